The third kappa shape index (κ3) is 3.17. The van der Waals surface area contributed by atoms with E-state index in [0.717, 1.165) is 0 Å². The van der Waals surface area contributed by atoms with Gasteiger partial charge in [-0.25, -0.2) is 13.4 Å². The second kappa shape index (κ2) is 6.19. The zero-order valence-corrected chi connectivity index (χ0v) is 14.6. The van der Waals surface area contributed by atoms with Gasteiger partial charge in [-0.2, -0.15) is 0 Å². The first kappa shape index (κ1) is 16.9. The summed E-state index contributed by atoms with van der Waals surface area (Å²) < 4.78 is 25.9. The highest BCUT2D eigenvalue weighted by Gasteiger charge is 2.49. The number of carbonyl (C=O) groups excluding carboxylic acids is 2. The van der Waals surface area contributed by atoms with Crippen molar-refractivity contribution in [3.63, 3.8) is 0 Å². The summed E-state index contributed by atoms with van der Waals surface area (Å²) in [6.07, 6.45) is 4.84. The molecule has 2 aliphatic rings. The highest BCUT2D eigenvalue weighted by atomic mass is 32.2. The lowest BCUT2D eigenvalue weighted by Gasteiger charge is -2.44. The lowest BCUT2D eigenvalue weighted by molar-refractivity contribution is -0.147. The molecule has 2 atom stereocenters. The standard InChI is InChI=1S/C15H22N4O4S/c1-11(2)15(21)19-6-5-18(12-8-24(22,23)9-13(12)19)14(20)7-17-4-3-16-10-17/h3-4,10-13H,5-9H2,1-2H3/t12-,13+/m1/s1. The van der Waals surface area contributed by atoms with Gasteiger partial charge in [-0.15, -0.1) is 0 Å². The number of imidazole rings is 1. The first-order chi connectivity index (χ1) is 11.3. The van der Waals surface area contributed by atoms with Crippen LogP contribution in [-0.2, 0) is 26.0 Å². The molecule has 0 N–H and O–H groups in total. The normalized spacial score (nSPS) is 25.8. The van der Waals surface area contributed by atoms with Gasteiger partial charge in [-0.3, -0.25) is 9.59 Å². The van der Waals surface area contributed by atoms with Crippen molar-refractivity contribution in [1.29, 1.82) is 0 Å². The maximum Gasteiger partial charge on any atom is 0.242 e. The molecule has 3 heterocycles. The summed E-state index contributed by atoms with van der Waals surface area (Å²) >= 11 is 0. The average Bonchev–Trinajstić information content (AvgIpc) is 3.10. The predicted molar refractivity (Wildman–Crippen MR) is 86.7 cm³/mol. The van der Waals surface area contributed by atoms with Crippen molar-refractivity contribution in [3.8, 4) is 0 Å². The highest BCUT2D eigenvalue weighted by Crippen LogP contribution is 2.28. The Morgan fingerprint density at radius 3 is 2.38 bits per heavy atom. The van der Waals surface area contributed by atoms with Crippen molar-refractivity contribution < 1.29 is 18.0 Å². The molecule has 24 heavy (non-hydrogen) atoms. The smallest absolute Gasteiger partial charge is 0.242 e. The lowest BCUT2D eigenvalue weighted by Crippen LogP contribution is -2.62. The van der Waals surface area contributed by atoms with Gasteiger partial charge in [-0.05, 0) is 0 Å². The van der Waals surface area contributed by atoms with Crippen molar-refractivity contribution in [2.24, 2.45) is 5.92 Å². The van der Waals surface area contributed by atoms with Gasteiger partial charge in [-0.1, -0.05) is 13.8 Å². The highest BCUT2D eigenvalue weighted by molar-refractivity contribution is 7.91. The second-order valence-electron chi connectivity index (χ2n) is 6.72. The fourth-order valence-corrected chi connectivity index (χ4v) is 5.48. The van der Waals surface area contributed by atoms with Crippen LogP contribution in [0.15, 0.2) is 18.7 Å². The molecule has 0 bridgehead atoms. The number of piperazine rings is 1. The Labute approximate surface area is 141 Å². The van der Waals surface area contributed by atoms with E-state index in [1.165, 1.54) is 0 Å². The van der Waals surface area contributed by atoms with Gasteiger partial charge in [0.1, 0.15) is 6.54 Å². The SMILES string of the molecule is CC(C)C(=O)N1CCN(C(=O)Cn2ccnc2)[C@@H]2CS(=O)(=O)C[C@@H]21. The second-order valence-corrected chi connectivity index (χ2v) is 8.87. The largest absolute Gasteiger partial charge is 0.335 e. The minimum atomic E-state index is -3.26. The van der Waals surface area contributed by atoms with E-state index in [1.807, 2.05) is 0 Å². The van der Waals surface area contributed by atoms with Crippen molar-refractivity contribution in [2.75, 3.05) is 24.6 Å². The molecule has 3 rings (SSSR count). The van der Waals surface area contributed by atoms with Crippen LogP contribution in [0.4, 0.5) is 0 Å². The zero-order chi connectivity index (χ0) is 17.5. The summed E-state index contributed by atoms with van der Waals surface area (Å²) in [4.78, 5) is 32.2. The Kier molecular flexibility index (Phi) is 4.37. The molecule has 2 saturated heterocycles. The number of aromatic nitrogens is 2. The van der Waals surface area contributed by atoms with Gasteiger partial charge in [0.05, 0.1) is 29.9 Å². The minimum Gasteiger partial charge on any atom is -0.335 e. The topological polar surface area (TPSA) is 92.6 Å². The predicted octanol–water partition coefficient (Wildman–Crippen LogP) is -0.624. The molecule has 9 heteroatoms. The van der Waals surface area contributed by atoms with E-state index in [-0.39, 0.29) is 35.8 Å². The van der Waals surface area contributed by atoms with E-state index in [9.17, 15) is 18.0 Å². The Bertz CT molecular complexity index is 729. The Morgan fingerprint density at radius 1 is 1.17 bits per heavy atom. The Balaban J connectivity index is 1.81. The van der Waals surface area contributed by atoms with Gasteiger partial charge >= 0.3 is 0 Å². The summed E-state index contributed by atoms with van der Waals surface area (Å²) in [5, 5.41) is 0. The quantitative estimate of drug-likeness (QED) is 0.721. The molecular weight excluding hydrogens is 332 g/mol. The van der Waals surface area contributed by atoms with E-state index in [2.05, 4.69) is 4.98 Å². The molecule has 8 nitrogen and oxygen atoms in total. The summed E-state index contributed by atoms with van der Waals surface area (Å²) in [6, 6.07) is -0.896. The van der Waals surface area contributed by atoms with Gasteiger partial charge < -0.3 is 14.4 Å². The maximum atomic E-state index is 12.6. The van der Waals surface area contributed by atoms with Crippen LogP contribution < -0.4 is 0 Å². The number of carbonyl (C=O) groups is 2. The van der Waals surface area contributed by atoms with Crippen molar-refractivity contribution in [3.05, 3.63) is 18.7 Å². The fraction of sp³-hybridized carbons (Fsp3) is 0.667. The first-order valence-corrected chi connectivity index (χ1v) is 9.87. The van der Waals surface area contributed by atoms with Crippen LogP contribution in [0.1, 0.15) is 13.8 Å². The third-order valence-electron chi connectivity index (χ3n) is 4.65. The number of hydrogen-bond acceptors (Lipinski definition) is 5. The first-order valence-electron chi connectivity index (χ1n) is 8.04. The van der Waals surface area contributed by atoms with E-state index in [0.29, 0.717) is 13.1 Å². The van der Waals surface area contributed by atoms with E-state index >= 15 is 0 Å². The molecule has 0 saturated carbocycles. The molecule has 2 amide bonds. The fourth-order valence-electron chi connectivity index (χ4n) is 3.50. The van der Waals surface area contributed by atoms with Gasteiger partial charge in [0.15, 0.2) is 9.84 Å². The van der Waals surface area contributed by atoms with Crippen LogP contribution in [0.3, 0.4) is 0 Å². The number of amides is 2. The summed E-state index contributed by atoms with van der Waals surface area (Å²) in [7, 11) is -3.26. The minimum absolute atomic E-state index is 0.0520. The molecule has 1 aromatic heterocycles. The van der Waals surface area contributed by atoms with Crippen LogP contribution >= 0.6 is 0 Å². The summed E-state index contributed by atoms with van der Waals surface area (Å²) in [5.41, 5.74) is 0. The number of fused-ring (bicyclic) bond motifs is 1. The van der Waals surface area contributed by atoms with Crippen LogP contribution in [0.2, 0.25) is 0 Å². The number of nitrogens with zero attached hydrogens (tertiary/aromatic N) is 4. The van der Waals surface area contributed by atoms with Crippen molar-refractivity contribution >= 4 is 21.7 Å². The maximum absolute atomic E-state index is 12.6. The molecule has 2 aliphatic heterocycles. The van der Waals surface area contributed by atoms with E-state index < -0.39 is 21.9 Å². The Morgan fingerprint density at radius 2 is 1.79 bits per heavy atom. The molecule has 0 unspecified atom stereocenters. The van der Waals surface area contributed by atoms with Gasteiger partial charge in [0, 0.05) is 31.4 Å². The average molecular weight is 354 g/mol. The molecule has 0 spiro atoms. The number of sulfone groups is 1. The van der Waals surface area contributed by atoms with Crippen LogP contribution in [0.5, 0.6) is 0 Å². The molecule has 2 fully saturated rings. The van der Waals surface area contributed by atoms with Crippen molar-refractivity contribution in [2.45, 2.75) is 32.5 Å². The molecule has 1 aromatic rings. The van der Waals surface area contributed by atoms with Crippen LogP contribution in [0, 0.1) is 5.92 Å². The summed E-state index contributed by atoms with van der Waals surface area (Å²) in [6.45, 7) is 4.47. The van der Waals surface area contributed by atoms with Crippen LogP contribution in [-0.4, -0.2) is 76.3 Å². The molecule has 0 radical (unpaired) electrons. The Hall–Kier alpha value is -1.90. The van der Waals surface area contributed by atoms with E-state index in [1.54, 1.807) is 46.9 Å². The molecule has 0 aromatic carbocycles. The van der Waals surface area contributed by atoms with Gasteiger partial charge in [0.2, 0.25) is 11.8 Å². The molecular formula is C15H22N4O4S. The zero-order valence-electron chi connectivity index (χ0n) is 13.8. The lowest BCUT2D eigenvalue weighted by atomic mass is 10.0. The van der Waals surface area contributed by atoms with Crippen LogP contribution in [0.25, 0.3) is 0 Å². The van der Waals surface area contributed by atoms with Crippen molar-refractivity contribution in [1.82, 2.24) is 19.4 Å². The molecule has 132 valence electrons. The molecule has 0 aliphatic carbocycles. The number of rotatable bonds is 3. The van der Waals surface area contributed by atoms with Gasteiger partial charge in [0.25, 0.3) is 0 Å². The summed E-state index contributed by atoms with van der Waals surface area (Å²) in [5.74, 6) is -0.525. The monoisotopic (exact) mass is 354 g/mol. The number of hydrogen-bond donors (Lipinski definition) is 0. The van der Waals surface area contributed by atoms with E-state index in [4.69, 9.17) is 0 Å². The third-order valence-corrected chi connectivity index (χ3v) is 6.35.